The predicted octanol–water partition coefficient (Wildman–Crippen LogP) is 0.538. The van der Waals surface area contributed by atoms with Crippen LogP contribution < -0.4 is 0 Å². The van der Waals surface area contributed by atoms with Crippen molar-refractivity contribution < 1.29 is 4.79 Å². The number of alkyl halides is 2. The lowest BCUT2D eigenvalue weighted by Gasteiger charge is -1.99. The van der Waals surface area contributed by atoms with Crippen LogP contribution in [-0.2, 0) is 4.79 Å². The van der Waals surface area contributed by atoms with Gasteiger partial charge in [0.1, 0.15) is 0 Å². The highest BCUT2D eigenvalue weighted by molar-refractivity contribution is 9.10. The summed E-state index contributed by atoms with van der Waals surface area (Å²) in [5, 5.41) is 0. The van der Waals surface area contributed by atoms with Gasteiger partial charge in [-0.15, -0.1) is 11.6 Å². The quantitative estimate of drug-likeness (QED) is 0.477. The first-order valence-corrected chi connectivity index (χ1v) is 3.84. The minimum absolute atomic E-state index is 0.0417. The normalized spacial score (nSPS) is 13.2. The zero-order chi connectivity index (χ0) is 6.57. The minimum atomic E-state index is -0.0417. The SMILES string of the molecule is BC(=O)C(Br)CCCl. The first-order chi connectivity index (χ1) is 3.68. The van der Waals surface area contributed by atoms with E-state index in [0.29, 0.717) is 5.88 Å². The van der Waals surface area contributed by atoms with Crippen LogP contribution >= 0.6 is 27.5 Å². The maximum absolute atomic E-state index is 10.4. The summed E-state index contributed by atoms with van der Waals surface area (Å²) < 4.78 is 0. The van der Waals surface area contributed by atoms with Crippen molar-refractivity contribution >= 4 is 41.1 Å². The molecule has 0 aliphatic carbocycles. The van der Waals surface area contributed by atoms with Gasteiger partial charge in [-0.2, -0.15) is 0 Å². The van der Waals surface area contributed by atoms with Gasteiger partial charge in [-0.25, -0.2) is 0 Å². The van der Waals surface area contributed by atoms with E-state index in [1.807, 2.05) is 0 Å². The van der Waals surface area contributed by atoms with Crippen molar-refractivity contribution in [2.24, 2.45) is 0 Å². The van der Waals surface area contributed by atoms with Crippen LogP contribution in [0.5, 0.6) is 0 Å². The highest BCUT2D eigenvalue weighted by Gasteiger charge is 2.06. The van der Waals surface area contributed by atoms with Crippen molar-refractivity contribution in [1.29, 1.82) is 0 Å². The van der Waals surface area contributed by atoms with Crippen LogP contribution in [0.1, 0.15) is 6.42 Å². The van der Waals surface area contributed by atoms with E-state index in [1.165, 1.54) is 0 Å². The molecule has 0 bridgehead atoms. The Hall–Kier alpha value is 0.505. The van der Waals surface area contributed by atoms with Gasteiger partial charge in [0.2, 0.25) is 0 Å². The summed E-state index contributed by atoms with van der Waals surface area (Å²) >= 11 is 8.53. The molecule has 0 spiro atoms. The van der Waals surface area contributed by atoms with Gasteiger partial charge >= 0.3 is 0 Å². The second-order valence-electron chi connectivity index (χ2n) is 1.56. The predicted molar refractivity (Wildman–Crippen MR) is 41.6 cm³/mol. The molecule has 0 rings (SSSR count). The molecule has 0 N–H and O–H groups in total. The van der Waals surface area contributed by atoms with Crippen LogP contribution in [0.15, 0.2) is 0 Å². The Kier molecular flexibility index (Phi) is 4.67. The van der Waals surface area contributed by atoms with Crippen molar-refractivity contribution in [1.82, 2.24) is 0 Å². The van der Waals surface area contributed by atoms with E-state index in [1.54, 1.807) is 7.85 Å². The molecule has 0 fully saturated rings. The van der Waals surface area contributed by atoms with Crippen LogP contribution in [0.2, 0.25) is 0 Å². The fourth-order valence-corrected chi connectivity index (χ4v) is 1.01. The largest absolute Gasteiger partial charge is 0.311 e. The Morgan fingerprint density at radius 2 is 2.38 bits per heavy atom. The zero-order valence-corrected chi connectivity index (χ0v) is 7.00. The second-order valence-corrected chi connectivity index (χ2v) is 3.04. The lowest BCUT2D eigenvalue weighted by atomic mass is 9.98. The molecule has 46 valence electrons. The molecule has 0 aromatic rings. The number of hydrogen-bond donors (Lipinski definition) is 0. The zero-order valence-electron chi connectivity index (χ0n) is 4.66. The monoisotopic (exact) mass is 196 g/mol. The highest BCUT2D eigenvalue weighted by atomic mass is 79.9. The third kappa shape index (κ3) is 3.50. The molecule has 0 aromatic heterocycles. The molecule has 0 aliphatic heterocycles. The Bertz CT molecular complexity index is 88.1. The topological polar surface area (TPSA) is 17.1 Å². The van der Waals surface area contributed by atoms with Crippen LogP contribution in [0.3, 0.4) is 0 Å². The Labute approximate surface area is 63.3 Å². The Balaban J connectivity index is 3.32. The highest BCUT2D eigenvalue weighted by Crippen LogP contribution is 2.04. The van der Waals surface area contributed by atoms with E-state index in [4.69, 9.17) is 11.6 Å². The average molecular weight is 197 g/mol. The van der Waals surface area contributed by atoms with E-state index in [0.717, 1.165) is 6.42 Å². The van der Waals surface area contributed by atoms with Gasteiger partial charge in [0, 0.05) is 5.88 Å². The van der Waals surface area contributed by atoms with Gasteiger partial charge in [-0.05, 0) is 6.42 Å². The second kappa shape index (κ2) is 4.39. The van der Waals surface area contributed by atoms with Gasteiger partial charge < -0.3 is 4.79 Å². The minimum Gasteiger partial charge on any atom is -0.311 e. The molecule has 1 nitrogen and oxygen atoms in total. The Morgan fingerprint density at radius 3 is 2.50 bits per heavy atom. The molecular formula is C4H7BBrClO. The van der Waals surface area contributed by atoms with Crippen molar-refractivity contribution in [3.63, 3.8) is 0 Å². The van der Waals surface area contributed by atoms with Gasteiger partial charge in [0.25, 0.3) is 0 Å². The molecule has 0 aromatic carbocycles. The van der Waals surface area contributed by atoms with Gasteiger partial charge in [0.15, 0.2) is 7.85 Å². The molecule has 0 saturated heterocycles. The van der Waals surface area contributed by atoms with Crippen LogP contribution in [0, 0.1) is 0 Å². The van der Waals surface area contributed by atoms with Crippen molar-refractivity contribution in [2.75, 3.05) is 5.88 Å². The molecule has 0 heterocycles. The van der Waals surface area contributed by atoms with Gasteiger partial charge in [-0.1, -0.05) is 15.9 Å². The first-order valence-electron chi connectivity index (χ1n) is 2.39. The molecule has 0 radical (unpaired) electrons. The van der Waals surface area contributed by atoms with E-state index in [-0.39, 0.29) is 10.5 Å². The van der Waals surface area contributed by atoms with Crippen molar-refractivity contribution in [2.45, 2.75) is 11.2 Å². The summed E-state index contributed by atoms with van der Waals surface area (Å²) in [5.74, 6) is 0.537. The van der Waals surface area contributed by atoms with Crippen LogP contribution in [0.4, 0.5) is 0 Å². The number of carbonyl (C=O) groups excluding carboxylic acids is 1. The summed E-state index contributed by atoms with van der Waals surface area (Å²) in [7, 11) is 1.55. The summed E-state index contributed by atoms with van der Waals surface area (Å²) in [4.78, 5) is 10.4. The lowest BCUT2D eigenvalue weighted by molar-refractivity contribution is -0.111. The molecule has 1 atom stereocenters. The maximum atomic E-state index is 10.4. The molecular weight excluding hydrogens is 190 g/mol. The standard InChI is InChI=1S/C4H7BBrClO/c5-4(8)3(6)1-2-7/h3H,1-2,5H2. The third-order valence-electron chi connectivity index (χ3n) is 0.804. The average Bonchev–Trinajstić information content (AvgIpc) is 1.67. The maximum Gasteiger partial charge on any atom is 0.188 e. The van der Waals surface area contributed by atoms with E-state index in [9.17, 15) is 4.79 Å². The van der Waals surface area contributed by atoms with Gasteiger partial charge in [0.05, 0.1) is 10.5 Å². The van der Waals surface area contributed by atoms with Crippen LogP contribution in [-0.4, -0.2) is 24.2 Å². The molecule has 8 heavy (non-hydrogen) atoms. The summed E-state index contributed by atoms with van der Waals surface area (Å²) in [6, 6.07) is 0. The number of rotatable bonds is 3. The lowest BCUT2D eigenvalue weighted by Crippen LogP contribution is -2.13. The van der Waals surface area contributed by atoms with Crippen molar-refractivity contribution in [3.05, 3.63) is 0 Å². The number of carbonyl (C=O) groups is 1. The number of halogens is 2. The van der Waals surface area contributed by atoms with Crippen molar-refractivity contribution in [3.8, 4) is 0 Å². The van der Waals surface area contributed by atoms with E-state index in [2.05, 4.69) is 15.9 Å². The molecule has 0 amide bonds. The molecule has 0 aliphatic rings. The summed E-state index contributed by atoms with van der Waals surface area (Å²) in [5.41, 5.74) is 0.144. The Morgan fingerprint density at radius 1 is 1.88 bits per heavy atom. The van der Waals surface area contributed by atoms with Crippen LogP contribution in [0.25, 0.3) is 0 Å². The molecule has 0 saturated carbocycles. The van der Waals surface area contributed by atoms with Gasteiger partial charge in [-0.3, -0.25) is 0 Å². The third-order valence-corrected chi connectivity index (χ3v) is 2.12. The summed E-state index contributed by atoms with van der Waals surface area (Å²) in [6.45, 7) is 0. The fraction of sp³-hybridized carbons (Fsp3) is 0.750. The van der Waals surface area contributed by atoms with E-state index >= 15 is 0 Å². The smallest absolute Gasteiger partial charge is 0.188 e. The number of hydrogen-bond acceptors (Lipinski definition) is 1. The summed E-state index contributed by atoms with van der Waals surface area (Å²) in [6.07, 6.45) is 0.719. The first kappa shape index (κ1) is 8.50. The fourth-order valence-electron chi connectivity index (χ4n) is 0.299. The molecule has 4 heteroatoms. The van der Waals surface area contributed by atoms with E-state index < -0.39 is 0 Å². The molecule has 1 unspecified atom stereocenters.